The van der Waals surface area contributed by atoms with Crippen molar-refractivity contribution in [3.63, 3.8) is 0 Å². The second kappa shape index (κ2) is 10.1. The topological polar surface area (TPSA) is 92.8 Å². The van der Waals surface area contributed by atoms with Crippen LogP contribution >= 0.6 is 0 Å². The Morgan fingerprint density at radius 2 is 1.77 bits per heavy atom. The van der Waals surface area contributed by atoms with Gasteiger partial charge >= 0.3 is 5.97 Å². The number of hydrogen-bond donors (Lipinski definition) is 1. The van der Waals surface area contributed by atoms with E-state index < -0.39 is 28.5 Å². The summed E-state index contributed by atoms with van der Waals surface area (Å²) in [5, 5.41) is 2.72. The molecule has 0 fully saturated rings. The van der Waals surface area contributed by atoms with Gasteiger partial charge in [0.05, 0.1) is 10.6 Å². The van der Waals surface area contributed by atoms with E-state index in [0.717, 1.165) is 16.7 Å². The van der Waals surface area contributed by atoms with Crippen molar-refractivity contribution in [2.24, 2.45) is 0 Å². The minimum Gasteiger partial charge on any atom is -0.452 e. The number of para-hydroxylation sites is 1. The maximum absolute atomic E-state index is 13.1. The molecule has 3 aromatic carbocycles. The number of anilines is 2. The van der Waals surface area contributed by atoms with Gasteiger partial charge in [-0.3, -0.25) is 9.10 Å². The molecule has 8 heteroatoms. The summed E-state index contributed by atoms with van der Waals surface area (Å²) >= 11 is 0. The average molecular weight is 491 g/mol. The molecule has 0 aromatic heterocycles. The predicted octanol–water partition coefficient (Wildman–Crippen LogP) is 4.25. The smallest absolute Gasteiger partial charge is 0.331 e. The van der Waals surface area contributed by atoms with Gasteiger partial charge in [0.25, 0.3) is 15.9 Å². The number of fused-ring (bicyclic) bond motifs is 1. The molecule has 1 heterocycles. The number of carbonyl (C=O) groups excluding carboxylic acids is 2. The lowest BCUT2D eigenvalue weighted by atomic mass is 10.1. The Balaban J connectivity index is 1.33. The minimum atomic E-state index is -3.68. The molecule has 4 rings (SSSR count). The van der Waals surface area contributed by atoms with E-state index >= 15 is 0 Å². The van der Waals surface area contributed by atoms with Crippen LogP contribution in [0.5, 0.6) is 0 Å². The first-order valence-electron chi connectivity index (χ1n) is 11.2. The summed E-state index contributed by atoms with van der Waals surface area (Å²) in [6, 6.07) is 19.4. The first kappa shape index (κ1) is 24.2. The molecule has 0 aliphatic carbocycles. The van der Waals surface area contributed by atoms with Crippen LogP contribution in [-0.2, 0) is 30.8 Å². The first-order valence-corrected chi connectivity index (χ1v) is 12.6. The fourth-order valence-electron chi connectivity index (χ4n) is 3.92. The van der Waals surface area contributed by atoms with Gasteiger partial charge < -0.3 is 10.1 Å². The SMILES string of the molecule is Cc1ccc(NC(=O)COC(=O)/C=C/c2ccc(S(=O)(=O)N3CCc4ccccc43)cc2)c(C)c1. The van der Waals surface area contributed by atoms with Crippen molar-refractivity contribution in [1.82, 2.24) is 0 Å². The lowest BCUT2D eigenvalue weighted by Crippen LogP contribution is -2.29. The third-order valence-corrected chi connectivity index (χ3v) is 7.55. The lowest BCUT2D eigenvalue weighted by Gasteiger charge is -2.19. The van der Waals surface area contributed by atoms with E-state index in [0.29, 0.717) is 29.9 Å². The molecular weight excluding hydrogens is 464 g/mol. The van der Waals surface area contributed by atoms with Crippen LogP contribution in [0.15, 0.2) is 77.7 Å². The molecule has 0 spiro atoms. The van der Waals surface area contributed by atoms with Gasteiger partial charge in [0.2, 0.25) is 0 Å². The molecule has 1 aliphatic rings. The molecule has 0 bridgehead atoms. The number of sulfonamides is 1. The van der Waals surface area contributed by atoms with Crippen LogP contribution in [0.2, 0.25) is 0 Å². The highest BCUT2D eigenvalue weighted by Gasteiger charge is 2.30. The molecule has 7 nitrogen and oxygen atoms in total. The standard InChI is InChI=1S/C27H26N2O5S/c1-19-7-13-24(20(2)17-19)28-26(30)18-34-27(31)14-10-21-8-11-23(12-9-21)35(32,33)29-16-15-22-5-3-4-6-25(22)29/h3-14,17H,15-16,18H2,1-2H3,(H,28,30)/b14-10+. The predicted molar refractivity (Wildman–Crippen MR) is 136 cm³/mol. The van der Waals surface area contributed by atoms with Crippen LogP contribution in [0, 0.1) is 13.8 Å². The third-order valence-electron chi connectivity index (χ3n) is 5.73. The normalized spacial score (nSPS) is 13.0. The zero-order chi connectivity index (χ0) is 25.0. The van der Waals surface area contributed by atoms with E-state index in [2.05, 4.69) is 5.32 Å². The summed E-state index contributed by atoms with van der Waals surface area (Å²) in [6.45, 7) is 3.85. The highest BCUT2D eigenvalue weighted by atomic mass is 32.2. The quantitative estimate of drug-likeness (QED) is 0.395. The zero-order valence-electron chi connectivity index (χ0n) is 19.5. The fraction of sp³-hybridized carbons (Fsp3) is 0.185. The molecule has 0 saturated heterocycles. The molecule has 0 saturated carbocycles. The van der Waals surface area contributed by atoms with Crippen molar-refractivity contribution in [2.45, 2.75) is 25.2 Å². The van der Waals surface area contributed by atoms with E-state index in [1.54, 1.807) is 18.2 Å². The van der Waals surface area contributed by atoms with Crippen LogP contribution in [0.25, 0.3) is 6.08 Å². The zero-order valence-corrected chi connectivity index (χ0v) is 20.3. The summed E-state index contributed by atoms with van der Waals surface area (Å²) in [7, 11) is -3.68. The molecule has 3 aromatic rings. The van der Waals surface area contributed by atoms with Crippen molar-refractivity contribution < 1.29 is 22.7 Å². The summed E-state index contributed by atoms with van der Waals surface area (Å²) in [5.74, 6) is -1.11. The molecule has 0 atom stereocenters. The summed E-state index contributed by atoms with van der Waals surface area (Å²) < 4.78 is 32.6. The maximum Gasteiger partial charge on any atom is 0.331 e. The minimum absolute atomic E-state index is 0.178. The fourth-order valence-corrected chi connectivity index (χ4v) is 5.43. The van der Waals surface area contributed by atoms with Gasteiger partial charge in [-0.15, -0.1) is 0 Å². The number of nitrogens with zero attached hydrogens (tertiary/aromatic N) is 1. The number of benzene rings is 3. The van der Waals surface area contributed by atoms with E-state index in [1.807, 2.05) is 50.2 Å². The number of hydrogen-bond acceptors (Lipinski definition) is 5. The second-order valence-corrected chi connectivity index (χ2v) is 10.2. The maximum atomic E-state index is 13.1. The molecule has 35 heavy (non-hydrogen) atoms. The van der Waals surface area contributed by atoms with Gasteiger partial charge in [0, 0.05) is 18.3 Å². The van der Waals surface area contributed by atoms with Crippen LogP contribution in [-0.4, -0.2) is 33.4 Å². The summed E-state index contributed by atoms with van der Waals surface area (Å²) in [6.07, 6.45) is 3.39. The molecule has 0 unspecified atom stereocenters. The van der Waals surface area contributed by atoms with Gasteiger partial charge in [0.1, 0.15) is 0 Å². The molecule has 0 radical (unpaired) electrons. The van der Waals surface area contributed by atoms with Crippen LogP contribution in [0.1, 0.15) is 22.3 Å². The Kier molecular flexibility index (Phi) is 7.02. The molecule has 1 aliphatic heterocycles. The van der Waals surface area contributed by atoms with Gasteiger partial charge in [-0.1, -0.05) is 48.0 Å². The van der Waals surface area contributed by atoms with Gasteiger partial charge in [-0.25, -0.2) is 13.2 Å². The first-order chi connectivity index (χ1) is 16.7. The Hall–Kier alpha value is -3.91. The van der Waals surface area contributed by atoms with Crippen molar-refractivity contribution in [3.05, 3.63) is 95.1 Å². The van der Waals surface area contributed by atoms with Crippen molar-refractivity contribution in [1.29, 1.82) is 0 Å². The van der Waals surface area contributed by atoms with Crippen molar-refractivity contribution >= 4 is 39.4 Å². The number of esters is 1. The van der Waals surface area contributed by atoms with Crippen LogP contribution in [0.3, 0.4) is 0 Å². The highest BCUT2D eigenvalue weighted by molar-refractivity contribution is 7.92. The summed E-state index contributed by atoms with van der Waals surface area (Å²) in [5.41, 5.74) is 5.02. The Morgan fingerprint density at radius 3 is 2.51 bits per heavy atom. The number of nitrogens with one attached hydrogen (secondary N) is 1. The largest absolute Gasteiger partial charge is 0.452 e. The van der Waals surface area contributed by atoms with E-state index in [-0.39, 0.29) is 4.90 Å². The Morgan fingerprint density at radius 1 is 1.03 bits per heavy atom. The number of ether oxygens (including phenoxy) is 1. The number of aryl methyl sites for hydroxylation is 2. The van der Waals surface area contributed by atoms with E-state index in [4.69, 9.17) is 4.74 Å². The monoisotopic (exact) mass is 490 g/mol. The second-order valence-electron chi connectivity index (χ2n) is 8.33. The highest BCUT2D eigenvalue weighted by Crippen LogP contribution is 2.32. The Labute approximate surface area is 205 Å². The van der Waals surface area contributed by atoms with Crippen LogP contribution < -0.4 is 9.62 Å². The van der Waals surface area contributed by atoms with Gasteiger partial charge in [-0.05, 0) is 67.3 Å². The molecule has 1 N–H and O–H groups in total. The average Bonchev–Trinajstić information content (AvgIpc) is 3.29. The van der Waals surface area contributed by atoms with E-state index in [1.165, 1.54) is 28.6 Å². The molecular formula is C27H26N2O5S. The molecule has 180 valence electrons. The van der Waals surface area contributed by atoms with Crippen LogP contribution in [0.4, 0.5) is 11.4 Å². The van der Waals surface area contributed by atoms with Gasteiger partial charge in [-0.2, -0.15) is 0 Å². The number of amides is 1. The number of rotatable bonds is 7. The van der Waals surface area contributed by atoms with E-state index in [9.17, 15) is 18.0 Å². The molecule has 1 amide bonds. The number of carbonyl (C=O) groups is 2. The Bertz CT molecular complexity index is 1400. The van der Waals surface area contributed by atoms with Crippen molar-refractivity contribution in [2.75, 3.05) is 22.8 Å². The summed E-state index contributed by atoms with van der Waals surface area (Å²) in [4.78, 5) is 24.3. The lowest BCUT2D eigenvalue weighted by molar-refractivity contribution is -0.142. The van der Waals surface area contributed by atoms with Gasteiger partial charge in [0.15, 0.2) is 6.61 Å². The third kappa shape index (κ3) is 5.60. The van der Waals surface area contributed by atoms with Crippen molar-refractivity contribution in [3.8, 4) is 0 Å².